The summed E-state index contributed by atoms with van der Waals surface area (Å²) >= 11 is 0. The Labute approximate surface area is 115 Å². The lowest BCUT2D eigenvalue weighted by Gasteiger charge is -2.34. The standard InChI is InChI=1S/C14H25N3O2/c1-15-13(18)11-6-5-9-17(10-11)14(19)12-7-3-2-4-8-16-12/h11-12,16H,2-10H2,1H3,(H,15,18). The highest BCUT2D eigenvalue weighted by molar-refractivity contribution is 5.84. The van der Waals surface area contributed by atoms with Crippen LogP contribution in [0, 0.1) is 5.92 Å². The van der Waals surface area contributed by atoms with Gasteiger partial charge in [-0.1, -0.05) is 12.8 Å². The van der Waals surface area contributed by atoms with Crippen LogP contribution in [0.4, 0.5) is 0 Å². The number of likely N-dealkylation sites (tertiary alicyclic amines) is 1. The Kier molecular flexibility index (Phi) is 5.19. The van der Waals surface area contributed by atoms with Crippen molar-refractivity contribution in [2.24, 2.45) is 5.92 Å². The van der Waals surface area contributed by atoms with Crippen LogP contribution in [0.25, 0.3) is 0 Å². The van der Waals surface area contributed by atoms with Gasteiger partial charge in [0.05, 0.1) is 12.0 Å². The van der Waals surface area contributed by atoms with Gasteiger partial charge in [-0.05, 0) is 32.2 Å². The van der Waals surface area contributed by atoms with Crippen molar-refractivity contribution >= 4 is 11.8 Å². The third kappa shape index (κ3) is 3.69. The van der Waals surface area contributed by atoms with Gasteiger partial charge in [-0.2, -0.15) is 0 Å². The maximum Gasteiger partial charge on any atom is 0.239 e. The van der Waals surface area contributed by atoms with Crippen LogP contribution in [0.15, 0.2) is 0 Å². The molecule has 0 aromatic rings. The Hall–Kier alpha value is -1.10. The molecule has 5 nitrogen and oxygen atoms in total. The maximum absolute atomic E-state index is 12.5. The lowest BCUT2D eigenvalue weighted by Crippen LogP contribution is -2.51. The van der Waals surface area contributed by atoms with Crippen molar-refractivity contribution in [3.8, 4) is 0 Å². The van der Waals surface area contributed by atoms with Crippen molar-refractivity contribution in [2.75, 3.05) is 26.7 Å². The number of carbonyl (C=O) groups excluding carboxylic acids is 2. The number of piperidine rings is 1. The zero-order valence-electron chi connectivity index (χ0n) is 11.8. The molecular formula is C14H25N3O2. The van der Waals surface area contributed by atoms with E-state index >= 15 is 0 Å². The van der Waals surface area contributed by atoms with Crippen molar-refractivity contribution in [1.82, 2.24) is 15.5 Å². The summed E-state index contributed by atoms with van der Waals surface area (Å²) in [5, 5.41) is 6.04. The number of amides is 2. The maximum atomic E-state index is 12.5. The van der Waals surface area contributed by atoms with Crippen LogP contribution >= 0.6 is 0 Å². The number of hydrogen-bond donors (Lipinski definition) is 2. The fourth-order valence-corrected chi connectivity index (χ4v) is 3.06. The van der Waals surface area contributed by atoms with E-state index in [2.05, 4.69) is 10.6 Å². The molecule has 2 aliphatic rings. The van der Waals surface area contributed by atoms with Gasteiger partial charge in [-0.15, -0.1) is 0 Å². The molecule has 2 amide bonds. The minimum atomic E-state index is -0.0362. The van der Waals surface area contributed by atoms with Gasteiger partial charge < -0.3 is 15.5 Å². The predicted octanol–water partition coefficient (Wildman–Crippen LogP) is 0.503. The average molecular weight is 267 g/mol. The third-order valence-corrected chi connectivity index (χ3v) is 4.21. The van der Waals surface area contributed by atoms with E-state index in [0.29, 0.717) is 6.54 Å². The van der Waals surface area contributed by atoms with E-state index < -0.39 is 0 Å². The Balaban J connectivity index is 1.92. The Bertz CT molecular complexity index is 325. The van der Waals surface area contributed by atoms with E-state index in [9.17, 15) is 9.59 Å². The van der Waals surface area contributed by atoms with Crippen molar-refractivity contribution < 1.29 is 9.59 Å². The molecule has 0 saturated carbocycles. The van der Waals surface area contributed by atoms with Gasteiger partial charge in [-0.3, -0.25) is 9.59 Å². The number of nitrogens with zero attached hydrogens (tertiary/aromatic N) is 1. The van der Waals surface area contributed by atoms with Gasteiger partial charge in [-0.25, -0.2) is 0 Å². The molecule has 0 aromatic heterocycles. The summed E-state index contributed by atoms with van der Waals surface area (Å²) in [5.74, 6) is 0.218. The Morgan fingerprint density at radius 1 is 1.16 bits per heavy atom. The summed E-state index contributed by atoms with van der Waals surface area (Å²) < 4.78 is 0. The second-order valence-electron chi connectivity index (χ2n) is 5.59. The minimum absolute atomic E-state index is 0.0338. The SMILES string of the molecule is CNC(=O)C1CCCN(C(=O)C2CCCCCN2)C1. The highest BCUT2D eigenvalue weighted by atomic mass is 16.2. The first kappa shape index (κ1) is 14.3. The Morgan fingerprint density at radius 2 is 2.00 bits per heavy atom. The molecule has 0 aromatic carbocycles. The third-order valence-electron chi connectivity index (χ3n) is 4.21. The molecule has 2 atom stereocenters. The summed E-state index contributed by atoms with van der Waals surface area (Å²) in [4.78, 5) is 26.1. The van der Waals surface area contributed by atoms with E-state index in [1.54, 1.807) is 7.05 Å². The Morgan fingerprint density at radius 3 is 2.79 bits per heavy atom. The van der Waals surface area contributed by atoms with Crippen LogP contribution in [-0.2, 0) is 9.59 Å². The predicted molar refractivity (Wildman–Crippen MR) is 73.6 cm³/mol. The first-order chi connectivity index (χ1) is 9.22. The topological polar surface area (TPSA) is 61.4 Å². The van der Waals surface area contributed by atoms with Crippen LogP contribution in [0.1, 0.15) is 38.5 Å². The van der Waals surface area contributed by atoms with E-state index in [1.165, 1.54) is 6.42 Å². The number of nitrogens with one attached hydrogen (secondary N) is 2. The highest BCUT2D eigenvalue weighted by Gasteiger charge is 2.31. The van der Waals surface area contributed by atoms with E-state index in [-0.39, 0.29) is 23.8 Å². The first-order valence-electron chi connectivity index (χ1n) is 7.46. The molecule has 2 saturated heterocycles. The molecule has 5 heteroatoms. The zero-order chi connectivity index (χ0) is 13.7. The van der Waals surface area contributed by atoms with Crippen LogP contribution in [0.5, 0.6) is 0 Å². The average Bonchev–Trinajstić information content (AvgIpc) is 2.75. The molecule has 0 aliphatic carbocycles. The molecular weight excluding hydrogens is 242 g/mol. The second-order valence-corrected chi connectivity index (χ2v) is 5.59. The molecule has 0 bridgehead atoms. The van der Waals surface area contributed by atoms with Crippen LogP contribution < -0.4 is 10.6 Å². The van der Waals surface area contributed by atoms with Crippen molar-refractivity contribution in [3.63, 3.8) is 0 Å². The molecule has 2 fully saturated rings. The normalized spacial score (nSPS) is 28.6. The molecule has 2 aliphatic heterocycles. The smallest absolute Gasteiger partial charge is 0.239 e. The molecule has 108 valence electrons. The summed E-state index contributed by atoms with van der Waals surface area (Å²) in [6.45, 7) is 2.31. The second kappa shape index (κ2) is 6.89. The number of rotatable bonds is 2. The van der Waals surface area contributed by atoms with E-state index in [4.69, 9.17) is 0 Å². The van der Waals surface area contributed by atoms with Crippen LogP contribution in [0.3, 0.4) is 0 Å². The monoisotopic (exact) mass is 267 g/mol. The van der Waals surface area contributed by atoms with Gasteiger partial charge in [0.25, 0.3) is 0 Å². The number of carbonyl (C=O) groups is 2. The van der Waals surface area contributed by atoms with Gasteiger partial charge in [0.2, 0.25) is 11.8 Å². The first-order valence-corrected chi connectivity index (χ1v) is 7.46. The summed E-state index contributed by atoms with van der Waals surface area (Å²) in [6.07, 6.45) is 6.23. The molecule has 19 heavy (non-hydrogen) atoms. The molecule has 2 heterocycles. The van der Waals surface area contributed by atoms with Crippen molar-refractivity contribution in [3.05, 3.63) is 0 Å². The highest BCUT2D eigenvalue weighted by Crippen LogP contribution is 2.19. The number of hydrogen-bond acceptors (Lipinski definition) is 3. The van der Waals surface area contributed by atoms with Gasteiger partial charge >= 0.3 is 0 Å². The fraction of sp³-hybridized carbons (Fsp3) is 0.857. The van der Waals surface area contributed by atoms with Crippen LogP contribution in [0.2, 0.25) is 0 Å². The zero-order valence-corrected chi connectivity index (χ0v) is 11.8. The lowest BCUT2D eigenvalue weighted by molar-refractivity contribution is -0.137. The minimum Gasteiger partial charge on any atom is -0.359 e. The fourth-order valence-electron chi connectivity index (χ4n) is 3.06. The van der Waals surface area contributed by atoms with E-state index in [1.807, 2.05) is 4.90 Å². The summed E-state index contributed by atoms with van der Waals surface area (Å²) in [6, 6.07) is -0.0362. The summed E-state index contributed by atoms with van der Waals surface area (Å²) in [7, 11) is 1.66. The van der Waals surface area contributed by atoms with Gasteiger partial charge in [0, 0.05) is 20.1 Å². The lowest BCUT2D eigenvalue weighted by atomic mass is 9.96. The molecule has 2 unspecified atom stereocenters. The molecule has 0 spiro atoms. The van der Waals surface area contributed by atoms with Crippen molar-refractivity contribution in [2.45, 2.75) is 44.6 Å². The largest absolute Gasteiger partial charge is 0.359 e. The molecule has 0 radical (unpaired) electrons. The van der Waals surface area contributed by atoms with Crippen LogP contribution in [-0.4, -0.2) is 49.4 Å². The molecule has 2 rings (SSSR count). The van der Waals surface area contributed by atoms with Crippen molar-refractivity contribution in [1.29, 1.82) is 0 Å². The van der Waals surface area contributed by atoms with Gasteiger partial charge in [0.15, 0.2) is 0 Å². The summed E-state index contributed by atoms with van der Waals surface area (Å²) in [5.41, 5.74) is 0. The quantitative estimate of drug-likeness (QED) is 0.766. The van der Waals surface area contributed by atoms with Gasteiger partial charge in [0.1, 0.15) is 0 Å². The molecule has 2 N–H and O–H groups in total. The van der Waals surface area contributed by atoms with E-state index in [0.717, 1.165) is 45.2 Å².